The summed E-state index contributed by atoms with van der Waals surface area (Å²) >= 11 is 0. The van der Waals surface area contributed by atoms with Gasteiger partial charge in [0.2, 0.25) is 0 Å². The fraction of sp³-hybridized carbons (Fsp3) is 0.471. The van der Waals surface area contributed by atoms with Crippen molar-refractivity contribution in [1.29, 1.82) is 0 Å². The molecular weight excluding hydrogens is 300 g/mol. The number of carbonyl (C=O) groups excluding carboxylic acids is 3. The van der Waals surface area contributed by atoms with Crippen molar-refractivity contribution in [2.24, 2.45) is 0 Å². The zero-order valence-corrected chi connectivity index (χ0v) is 13.7. The Bertz CT molecular complexity index is 564. The number of unbranched alkanes of at least 4 members (excludes halogenated alkanes) is 1. The van der Waals surface area contributed by atoms with Crippen LogP contribution in [-0.2, 0) is 14.2 Å². The van der Waals surface area contributed by atoms with Gasteiger partial charge in [0.15, 0.2) is 0 Å². The second-order valence-corrected chi connectivity index (χ2v) is 4.69. The minimum Gasteiger partial charge on any atom is -0.462 e. The molecule has 126 valence electrons. The first kappa shape index (κ1) is 18.7. The molecule has 0 saturated carbocycles. The van der Waals surface area contributed by atoms with Gasteiger partial charge in [0, 0.05) is 0 Å². The molecule has 0 aliphatic carbocycles. The molecule has 0 aliphatic rings. The van der Waals surface area contributed by atoms with Crippen LogP contribution in [0.4, 0.5) is 0 Å². The average Bonchev–Trinajstić information content (AvgIpc) is 2.54. The molecule has 0 atom stereocenters. The van der Waals surface area contributed by atoms with E-state index in [4.69, 9.17) is 14.2 Å². The van der Waals surface area contributed by atoms with E-state index in [-0.39, 0.29) is 36.5 Å². The lowest BCUT2D eigenvalue weighted by Gasteiger charge is -2.11. The smallest absolute Gasteiger partial charge is 0.339 e. The third kappa shape index (κ3) is 5.39. The lowest BCUT2D eigenvalue weighted by Crippen LogP contribution is -2.16. The summed E-state index contributed by atoms with van der Waals surface area (Å²) in [6.07, 6.45) is 1.60. The second kappa shape index (κ2) is 9.61. The first-order valence-electron chi connectivity index (χ1n) is 7.70. The lowest BCUT2D eigenvalue weighted by molar-refractivity contribution is 0.0462. The SMILES string of the molecule is CCCCOC(=O)c1cc(C(=O)OCC)ccc1C(=O)OCC. The Morgan fingerprint density at radius 3 is 2.04 bits per heavy atom. The summed E-state index contributed by atoms with van der Waals surface area (Å²) in [5.41, 5.74) is 0.258. The van der Waals surface area contributed by atoms with Crippen LogP contribution in [0.3, 0.4) is 0 Å². The van der Waals surface area contributed by atoms with Gasteiger partial charge in [0.1, 0.15) is 0 Å². The number of rotatable bonds is 8. The Balaban J connectivity index is 3.12. The maximum Gasteiger partial charge on any atom is 0.339 e. The number of carbonyl (C=O) groups is 3. The Morgan fingerprint density at radius 1 is 0.826 bits per heavy atom. The molecule has 0 aromatic heterocycles. The summed E-state index contributed by atoms with van der Waals surface area (Å²) in [6, 6.07) is 4.10. The van der Waals surface area contributed by atoms with Crippen molar-refractivity contribution >= 4 is 17.9 Å². The van der Waals surface area contributed by atoms with Gasteiger partial charge in [-0.1, -0.05) is 13.3 Å². The highest BCUT2D eigenvalue weighted by atomic mass is 16.5. The number of esters is 3. The van der Waals surface area contributed by atoms with Gasteiger partial charge < -0.3 is 14.2 Å². The molecule has 1 aromatic rings. The maximum atomic E-state index is 12.2. The van der Waals surface area contributed by atoms with Gasteiger partial charge >= 0.3 is 17.9 Å². The second-order valence-electron chi connectivity index (χ2n) is 4.69. The fourth-order valence-corrected chi connectivity index (χ4v) is 1.83. The van der Waals surface area contributed by atoms with Gasteiger partial charge in [0.25, 0.3) is 0 Å². The Hall–Kier alpha value is -2.37. The van der Waals surface area contributed by atoms with Crippen molar-refractivity contribution < 1.29 is 28.6 Å². The predicted octanol–water partition coefficient (Wildman–Crippen LogP) is 3.00. The van der Waals surface area contributed by atoms with Crippen molar-refractivity contribution in [1.82, 2.24) is 0 Å². The molecule has 1 aromatic carbocycles. The van der Waals surface area contributed by atoms with Gasteiger partial charge in [-0.05, 0) is 38.5 Å². The molecule has 0 bridgehead atoms. The van der Waals surface area contributed by atoms with Crippen molar-refractivity contribution in [2.45, 2.75) is 33.6 Å². The third-order valence-electron chi connectivity index (χ3n) is 2.98. The van der Waals surface area contributed by atoms with E-state index in [1.54, 1.807) is 13.8 Å². The molecule has 6 heteroatoms. The molecule has 0 unspecified atom stereocenters. The average molecular weight is 322 g/mol. The molecule has 6 nitrogen and oxygen atoms in total. The molecule has 0 aliphatic heterocycles. The standard InChI is InChI=1S/C17H22O6/c1-4-7-10-23-17(20)14-11-12(15(18)21-5-2)8-9-13(14)16(19)22-6-3/h8-9,11H,4-7,10H2,1-3H3. The van der Waals surface area contributed by atoms with Crippen LogP contribution in [0.1, 0.15) is 64.7 Å². The van der Waals surface area contributed by atoms with Gasteiger partial charge in [-0.15, -0.1) is 0 Å². The van der Waals surface area contributed by atoms with E-state index in [9.17, 15) is 14.4 Å². The summed E-state index contributed by atoms with van der Waals surface area (Å²) in [5.74, 6) is -1.86. The van der Waals surface area contributed by atoms with E-state index >= 15 is 0 Å². The molecule has 0 saturated heterocycles. The Labute approximate surface area is 135 Å². The zero-order valence-electron chi connectivity index (χ0n) is 13.7. The summed E-state index contributed by atoms with van der Waals surface area (Å²) in [6.45, 7) is 5.98. The highest BCUT2D eigenvalue weighted by Gasteiger charge is 2.22. The molecule has 1 rings (SSSR count). The van der Waals surface area contributed by atoms with E-state index in [1.807, 2.05) is 6.92 Å². The Kier molecular flexibility index (Phi) is 7.80. The van der Waals surface area contributed by atoms with Crippen LogP contribution in [0.5, 0.6) is 0 Å². The first-order chi connectivity index (χ1) is 11.0. The molecule has 0 fully saturated rings. The molecular formula is C17H22O6. The van der Waals surface area contributed by atoms with Gasteiger partial charge in [-0.25, -0.2) is 14.4 Å². The third-order valence-corrected chi connectivity index (χ3v) is 2.98. The summed E-state index contributed by atoms with van der Waals surface area (Å²) < 4.78 is 15.0. The Morgan fingerprint density at radius 2 is 1.43 bits per heavy atom. The summed E-state index contributed by atoms with van der Waals surface area (Å²) in [7, 11) is 0. The molecule has 0 amide bonds. The van der Waals surface area contributed by atoms with E-state index in [0.717, 1.165) is 12.8 Å². The monoisotopic (exact) mass is 322 g/mol. The summed E-state index contributed by atoms with van der Waals surface area (Å²) in [4.78, 5) is 36.0. The molecule has 0 spiro atoms. The van der Waals surface area contributed by atoms with Crippen LogP contribution in [0.25, 0.3) is 0 Å². The van der Waals surface area contributed by atoms with E-state index < -0.39 is 17.9 Å². The molecule has 23 heavy (non-hydrogen) atoms. The minimum atomic E-state index is -0.660. The molecule has 0 radical (unpaired) electrons. The van der Waals surface area contributed by atoms with Crippen LogP contribution < -0.4 is 0 Å². The highest BCUT2D eigenvalue weighted by molar-refractivity contribution is 6.05. The van der Waals surface area contributed by atoms with Gasteiger partial charge in [-0.2, -0.15) is 0 Å². The van der Waals surface area contributed by atoms with E-state index in [1.165, 1.54) is 18.2 Å². The number of ether oxygens (including phenoxy) is 3. The topological polar surface area (TPSA) is 78.9 Å². The van der Waals surface area contributed by atoms with Crippen molar-refractivity contribution in [3.63, 3.8) is 0 Å². The maximum absolute atomic E-state index is 12.2. The number of hydrogen-bond donors (Lipinski definition) is 0. The summed E-state index contributed by atoms with van der Waals surface area (Å²) in [5, 5.41) is 0. The van der Waals surface area contributed by atoms with E-state index in [2.05, 4.69) is 0 Å². The first-order valence-corrected chi connectivity index (χ1v) is 7.70. The van der Waals surface area contributed by atoms with Crippen molar-refractivity contribution in [2.75, 3.05) is 19.8 Å². The molecule has 0 heterocycles. The normalized spacial score (nSPS) is 10.0. The fourth-order valence-electron chi connectivity index (χ4n) is 1.83. The lowest BCUT2D eigenvalue weighted by atomic mass is 10.0. The van der Waals surface area contributed by atoms with Crippen LogP contribution in [0.2, 0.25) is 0 Å². The van der Waals surface area contributed by atoms with Crippen LogP contribution in [0, 0.1) is 0 Å². The van der Waals surface area contributed by atoms with Crippen LogP contribution >= 0.6 is 0 Å². The van der Waals surface area contributed by atoms with Crippen molar-refractivity contribution in [3.05, 3.63) is 34.9 Å². The largest absolute Gasteiger partial charge is 0.462 e. The van der Waals surface area contributed by atoms with Crippen molar-refractivity contribution in [3.8, 4) is 0 Å². The number of hydrogen-bond acceptors (Lipinski definition) is 6. The minimum absolute atomic E-state index is 0.00473. The van der Waals surface area contributed by atoms with E-state index in [0.29, 0.717) is 0 Å². The number of benzene rings is 1. The van der Waals surface area contributed by atoms with Crippen LogP contribution in [0.15, 0.2) is 18.2 Å². The van der Waals surface area contributed by atoms with Crippen LogP contribution in [-0.4, -0.2) is 37.7 Å². The van der Waals surface area contributed by atoms with Gasteiger partial charge in [0.05, 0.1) is 36.5 Å². The highest BCUT2D eigenvalue weighted by Crippen LogP contribution is 2.16. The van der Waals surface area contributed by atoms with Gasteiger partial charge in [-0.3, -0.25) is 0 Å². The zero-order chi connectivity index (χ0) is 17.2. The predicted molar refractivity (Wildman–Crippen MR) is 83.5 cm³/mol. The quantitative estimate of drug-likeness (QED) is 0.416. The molecule has 0 N–H and O–H groups in total.